The van der Waals surface area contributed by atoms with Crippen molar-refractivity contribution in [2.24, 2.45) is 0 Å². The molecule has 0 rings (SSSR count). The molecule has 0 saturated heterocycles. The SMILES string of the molecule is CCCCC(Cl)(Cl)C(=O)OCC(C)Cl. The topological polar surface area (TPSA) is 26.3 Å². The number of ether oxygens (including phenoxy) is 1. The van der Waals surface area contributed by atoms with Gasteiger partial charge < -0.3 is 4.74 Å². The van der Waals surface area contributed by atoms with E-state index in [0.29, 0.717) is 6.42 Å². The lowest BCUT2D eigenvalue weighted by molar-refractivity contribution is -0.144. The van der Waals surface area contributed by atoms with Crippen molar-refractivity contribution in [3.8, 4) is 0 Å². The van der Waals surface area contributed by atoms with E-state index in [0.717, 1.165) is 12.8 Å². The molecule has 0 aliphatic carbocycles. The Bertz CT molecular complexity index is 181. The third-order valence-corrected chi connectivity index (χ3v) is 2.40. The molecule has 2 nitrogen and oxygen atoms in total. The van der Waals surface area contributed by atoms with Crippen molar-refractivity contribution in [2.75, 3.05) is 6.61 Å². The first kappa shape index (κ1) is 14.3. The lowest BCUT2D eigenvalue weighted by atomic mass is 10.2. The van der Waals surface area contributed by atoms with Crippen molar-refractivity contribution in [1.82, 2.24) is 0 Å². The summed E-state index contributed by atoms with van der Waals surface area (Å²) in [6.45, 7) is 3.86. The van der Waals surface area contributed by atoms with Crippen LogP contribution in [0.1, 0.15) is 33.1 Å². The van der Waals surface area contributed by atoms with E-state index in [-0.39, 0.29) is 12.0 Å². The van der Waals surface area contributed by atoms with Crippen LogP contribution in [0.25, 0.3) is 0 Å². The maximum absolute atomic E-state index is 11.3. The van der Waals surface area contributed by atoms with Gasteiger partial charge in [-0.3, -0.25) is 0 Å². The second-order valence-electron chi connectivity index (χ2n) is 3.19. The average molecular weight is 262 g/mol. The molecule has 0 heterocycles. The molecule has 0 spiro atoms. The monoisotopic (exact) mass is 260 g/mol. The van der Waals surface area contributed by atoms with Crippen LogP contribution < -0.4 is 0 Å². The zero-order valence-corrected chi connectivity index (χ0v) is 10.6. The zero-order valence-electron chi connectivity index (χ0n) is 8.36. The van der Waals surface area contributed by atoms with E-state index in [4.69, 9.17) is 39.5 Å². The highest BCUT2D eigenvalue weighted by Crippen LogP contribution is 2.29. The summed E-state index contributed by atoms with van der Waals surface area (Å²) in [4.78, 5) is 11.3. The Balaban J connectivity index is 3.94. The Hall–Kier alpha value is 0.340. The fourth-order valence-corrected chi connectivity index (χ4v) is 1.24. The number of carbonyl (C=O) groups is 1. The Labute approximate surface area is 99.8 Å². The Kier molecular flexibility index (Phi) is 6.92. The molecule has 14 heavy (non-hydrogen) atoms. The highest BCUT2D eigenvalue weighted by atomic mass is 35.5. The van der Waals surface area contributed by atoms with Crippen molar-refractivity contribution in [3.05, 3.63) is 0 Å². The largest absolute Gasteiger partial charge is 0.462 e. The van der Waals surface area contributed by atoms with E-state index in [1.54, 1.807) is 6.92 Å². The van der Waals surface area contributed by atoms with Crippen LogP contribution in [0, 0.1) is 0 Å². The van der Waals surface area contributed by atoms with Crippen molar-refractivity contribution in [1.29, 1.82) is 0 Å². The molecular formula is C9H15Cl3O2. The highest BCUT2D eigenvalue weighted by Gasteiger charge is 2.34. The molecule has 0 aliphatic rings. The van der Waals surface area contributed by atoms with Gasteiger partial charge in [0.25, 0.3) is 0 Å². The first-order chi connectivity index (χ1) is 6.40. The van der Waals surface area contributed by atoms with E-state index in [9.17, 15) is 4.79 Å². The molecule has 5 heteroatoms. The maximum atomic E-state index is 11.3. The van der Waals surface area contributed by atoms with Gasteiger partial charge in [-0.2, -0.15) is 0 Å². The number of carbonyl (C=O) groups excluding carboxylic acids is 1. The molecule has 0 N–H and O–H groups in total. The fraction of sp³-hybridized carbons (Fsp3) is 0.889. The van der Waals surface area contributed by atoms with Gasteiger partial charge in [-0.25, -0.2) is 4.79 Å². The molecule has 1 atom stereocenters. The van der Waals surface area contributed by atoms with Crippen LogP contribution in [0.5, 0.6) is 0 Å². The molecular weight excluding hydrogens is 246 g/mol. The van der Waals surface area contributed by atoms with E-state index >= 15 is 0 Å². The third-order valence-electron chi connectivity index (χ3n) is 1.59. The second kappa shape index (κ2) is 6.76. The Morgan fingerprint density at radius 2 is 2.07 bits per heavy atom. The predicted molar refractivity (Wildman–Crippen MR) is 60.2 cm³/mol. The van der Waals surface area contributed by atoms with Crippen LogP contribution in [0.15, 0.2) is 0 Å². The van der Waals surface area contributed by atoms with Crippen LogP contribution >= 0.6 is 34.8 Å². The summed E-state index contributed by atoms with van der Waals surface area (Å²) in [6.07, 6.45) is 2.13. The average Bonchev–Trinajstić information content (AvgIpc) is 2.10. The molecule has 0 aromatic carbocycles. The van der Waals surface area contributed by atoms with Gasteiger partial charge in [0.1, 0.15) is 6.61 Å². The summed E-state index contributed by atoms with van der Waals surface area (Å²) in [5.41, 5.74) is 0. The smallest absolute Gasteiger partial charge is 0.342 e. The van der Waals surface area contributed by atoms with Crippen molar-refractivity contribution in [3.63, 3.8) is 0 Å². The standard InChI is InChI=1S/C9H15Cl3O2/c1-3-4-5-9(11,12)8(13)14-6-7(2)10/h7H,3-6H2,1-2H3. The highest BCUT2D eigenvalue weighted by molar-refractivity contribution is 6.57. The summed E-state index contributed by atoms with van der Waals surface area (Å²) in [6, 6.07) is 0. The first-order valence-corrected chi connectivity index (χ1v) is 5.78. The van der Waals surface area contributed by atoms with Crippen molar-refractivity contribution in [2.45, 2.75) is 42.8 Å². The maximum Gasteiger partial charge on any atom is 0.342 e. The molecule has 0 fully saturated rings. The molecule has 0 aliphatic heterocycles. The molecule has 1 unspecified atom stereocenters. The lowest BCUT2D eigenvalue weighted by Crippen LogP contribution is -2.29. The fourth-order valence-electron chi connectivity index (χ4n) is 0.797. The van der Waals surface area contributed by atoms with E-state index < -0.39 is 10.3 Å². The van der Waals surface area contributed by atoms with Crippen molar-refractivity contribution < 1.29 is 9.53 Å². The van der Waals surface area contributed by atoms with Crippen LogP contribution in [0.2, 0.25) is 0 Å². The summed E-state index contributed by atoms with van der Waals surface area (Å²) >= 11 is 17.2. The van der Waals surface area contributed by atoms with E-state index in [2.05, 4.69) is 0 Å². The summed E-state index contributed by atoms with van der Waals surface area (Å²) in [5.74, 6) is -0.609. The van der Waals surface area contributed by atoms with Gasteiger partial charge in [0.2, 0.25) is 4.33 Å². The third kappa shape index (κ3) is 5.94. The van der Waals surface area contributed by atoms with Gasteiger partial charge in [0, 0.05) is 0 Å². The van der Waals surface area contributed by atoms with Gasteiger partial charge in [-0.05, 0) is 13.3 Å². The number of hydrogen-bond acceptors (Lipinski definition) is 2. The van der Waals surface area contributed by atoms with Crippen LogP contribution in [-0.2, 0) is 9.53 Å². The zero-order chi connectivity index (χ0) is 11.2. The summed E-state index contributed by atoms with van der Waals surface area (Å²) in [5, 5.41) is -0.228. The number of alkyl halides is 3. The number of hydrogen-bond donors (Lipinski definition) is 0. The molecule has 0 saturated carbocycles. The van der Waals surface area contributed by atoms with E-state index in [1.165, 1.54) is 0 Å². The number of rotatable bonds is 6. The minimum absolute atomic E-state index is 0.133. The van der Waals surface area contributed by atoms with Gasteiger partial charge in [0.15, 0.2) is 0 Å². The van der Waals surface area contributed by atoms with Gasteiger partial charge >= 0.3 is 5.97 Å². The molecule has 0 radical (unpaired) electrons. The molecule has 0 amide bonds. The first-order valence-electron chi connectivity index (χ1n) is 4.59. The minimum atomic E-state index is -1.43. The number of unbranched alkanes of at least 4 members (excludes halogenated alkanes) is 1. The lowest BCUT2D eigenvalue weighted by Gasteiger charge is -2.17. The normalized spacial score (nSPS) is 13.8. The summed E-state index contributed by atoms with van der Waals surface area (Å²) < 4.78 is 3.40. The van der Waals surface area contributed by atoms with Gasteiger partial charge in [-0.15, -0.1) is 11.6 Å². The van der Waals surface area contributed by atoms with Gasteiger partial charge in [-0.1, -0.05) is 43.0 Å². The van der Waals surface area contributed by atoms with Crippen LogP contribution in [0.4, 0.5) is 0 Å². The molecule has 84 valence electrons. The van der Waals surface area contributed by atoms with Gasteiger partial charge in [0.05, 0.1) is 5.38 Å². The molecule has 0 aromatic heterocycles. The Morgan fingerprint density at radius 1 is 1.50 bits per heavy atom. The van der Waals surface area contributed by atoms with Crippen LogP contribution in [-0.4, -0.2) is 22.3 Å². The second-order valence-corrected chi connectivity index (χ2v) is 5.42. The number of esters is 1. The van der Waals surface area contributed by atoms with Crippen LogP contribution in [0.3, 0.4) is 0 Å². The number of halogens is 3. The van der Waals surface area contributed by atoms with E-state index in [1.807, 2.05) is 6.92 Å². The quantitative estimate of drug-likeness (QED) is 0.540. The predicted octanol–water partition coefficient (Wildman–Crippen LogP) is 3.52. The Morgan fingerprint density at radius 3 is 2.50 bits per heavy atom. The molecule has 0 bridgehead atoms. The van der Waals surface area contributed by atoms with Crippen molar-refractivity contribution >= 4 is 40.8 Å². The summed E-state index contributed by atoms with van der Waals surface area (Å²) in [7, 11) is 0. The minimum Gasteiger partial charge on any atom is -0.462 e. The molecule has 0 aromatic rings.